The van der Waals surface area contributed by atoms with E-state index in [2.05, 4.69) is 0 Å². The zero-order valence-corrected chi connectivity index (χ0v) is 11.7. The predicted octanol–water partition coefficient (Wildman–Crippen LogP) is 3.37. The van der Waals surface area contributed by atoms with Crippen molar-refractivity contribution in [2.45, 2.75) is 6.61 Å². The van der Waals surface area contributed by atoms with Crippen LogP contribution in [0.25, 0.3) is 6.08 Å². The first-order chi connectivity index (χ1) is 10.2. The summed E-state index contributed by atoms with van der Waals surface area (Å²) in [6.45, 7) is 0.384. The van der Waals surface area contributed by atoms with Crippen molar-refractivity contribution in [3.05, 3.63) is 65.7 Å². The number of aliphatic carboxylic acids is 1. The highest BCUT2D eigenvalue weighted by atomic mass is 16.5. The van der Waals surface area contributed by atoms with Crippen molar-refractivity contribution in [2.75, 3.05) is 7.11 Å². The Balaban J connectivity index is 2.25. The first-order valence-electron chi connectivity index (χ1n) is 6.45. The zero-order chi connectivity index (χ0) is 15.1. The van der Waals surface area contributed by atoms with Crippen LogP contribution in [0.15, 0.2) is 54.6 Å². The van der Waals surface area contributed by atoms with E-state index in [1.807, 2.05) is 30.3 Å². The summed E-state index contributed by atoms with van der Waals surface area (Å²) in [5.41, 5.74) is 1.68. The van der Waals surface area contributed by atoms with Gasteiger partial charge in [-0.2, -0.15) is 0 Å². The SMILES string of the molecule is COc1cccc(C=CC(=O)O)c1OCc1ccccc1. The average molecular weight is 284 g/mol. The molecule has 21 heavy (non-hydrogen) atoms. The second-order valence-corrected chi connectivity index (χ2v) is 4.32. The van der Waals surface area contributed by atoms with Gasteiger partial charge in [-0.15, -0.1) is 0 Å². The molecule has 0 aliphatic rings. The van der Waals surface area contributed by atoms with E-state index >= 15 is 0 Å². The summed E-state index contributed by atoms with van der Waals surface area (Å²) < 4.78 is 11.1. The minimum absolute atomic E-state index is 0.384. The van der Waals surface area contributed by atoms with E-state index in [1.165, 1.54) is 6.08 Å². The molecule has 0 heterocycles. The molecule has 4 nitrogen and oxygen atoms in total. The van der Waals surface area contributed by atoms with Crippen LogP contribution in [0.4, 0.5) is 0 Å². The summed E-state index contributed by atoms with van der Waals surface area (Å²) in [5, 5.41) is 8.74. The van der Waals surface area contributed by atoms with Crippen LogP contribution in [0.3, 0.4) is 0 Å². The molecule has 0 aliphatic heterocycles. The second kappa shape index (κ2) is 7.14. The van der Waals surface area contributed by atoms with Gasteiger partial charge in [0.2, 0.25) is 0 Å². The number of rotatable bonds is 6. The number of carboxylic acids is 1. The molecule has 0 fully saturated rings. The van der Waals surface area contributed by atoms with Crippen molar-refractivity contribution in [1.29, 1.82) is 0 Å². The van der Waals surface area contributed by atoms with E-state index in [1.54, 1.807) is 25.3 Å². The fraction of sp³-hybridized carbons (Fsp3) is 0.118. The van der Waals surface area contributed by atoms with Crippen LogP contribution < -0.4 is 9.47 Å². The Morgan fingerprint density at radius 1 is 1.14 bits per heavy atom. The fourth-order valence-corrected chi connectivity index (χ4v) is 1.87. The van der Waals surface area contributed by atoms with E-state index in [0.717, 1.165) is 11.6 Å². The molecule has 1 N–H and O–H groups in total. The molecule has 0 saturated heterocycles. The Hall–Kier alpha value is -2.75. The van der Waals surface area contributed by atoms with E-state index in [4.69, 9.17) is 14.6 Å². The molecule has 4 heteroatoms. The van der Waals surface area contributed by atoms with Gasteiger partial charge in [0.1, 0.15) is 6.61 Å². The van der Waals surface area contributed by atoms with Gasteiger partial charge < -0.3 is 14.6 Å². The van der Waals surface area contributed by atoms with Crippen LogP contribution in [0.1, 0.15) is 11.1 Å². The van der Waals surface area contributed by atoms with Crippen LogP contribution in [-0.4, -0.2) is 18.2 Å². The largest absolute Gasteiger partial charge is 0.493 e. The summed E-state index contributed by atoms with van der Waals surface area (Å²) in [5.74, 6) is 0.0895. The average Bonchev–Trinajstić information content (AvgIpc) is 2.52. The van der Waals surface area contributed by atoms with Gasteiger partial charge in [0.15, 0.2) is 11.5 Å². The molecule has 2 rings (SSSR count). The van der Waals surface area contributed by atoms with E-state index in [-0.39, 0.29) is 0 Å². The highest BCUT2D eigenvalue weighted by Gasteiger charge is 2.09. The van der Waals surface area contributed by atoms with Crippen LogP contribution in [0.2, 0.25) is 0 Å². The van der Waals surface area contributed by atoms with Gasteiger partial charge in [0, 0.05) is 11.6 Å². The number of ether oxygens (including phenoxy) is 2. The zero-order valence-electron chi connectivity index (χ0n) is 11.7. The quantitative estimate of drug-likeness (QED) is 0.826. The highest BCUT2D eigenvalue weighted by molar-refractivity contribution is 5.86. The van der Waals surface area contributed by atoms with Crippen LogP contribution in [0.5, 0.6) is 11.5 Å². The maximum atomic E-state index is 10.7. The molecule has 0 spiro atoms. The third-order valence-corrected chi connectivity index (χ3v) is 2.86. The Morgan fingerprint density at radius 2 is 1.90 bits per heavy atom. The minimum atomic E-state index is -1.01. The monoisotopic (exact) mass is 284 g/mol. The molecule has 0 bridgehead atoms. The third-order valence-electron chi connectivity index (χ3n) is 2.86. The lowest BCUT2D eigenvalue weighted by molar-refractivity contribution is -0.131. The summed E-state index contributed by atoms with van der Waals surface area (Å²) >= 11 is 0. The number of hydrogen-bond donors (Lipinski definition) is 1. The molecule has 108 valence electrons. The van der Waals surface area contributed by atoms with Crippen molar-refractivity contribution in [1.82, 2.24) is 0 Å². The van der Waals surface area contributed by atoms with E-state index < -0.39 is 5.97 Å². The van der Waals surface area contributed by atoms with Crippen molar-refractivity contribution in [3.8, 4) is 11.5 Å². The topological polar surface area (TPSA) is 55.8 Å². The van der Waals surface area contributed by atoms with Crippen molar-refractivity contribution in [3.63, 3.8) is 0 Å². The van der Waals surface area contributed by atoms with Gasteiger partial charge in [0.05, 0.1) is 7.11 Å². The number of hydrogen-bond acceptors (Lipinski definition) is 3. The van der Waals surface area contributed by atoms with Crippen molar-refractivity contribution >= 4 is 12.0 Å². The number of benzene rings is 2. The Bertz CT molecular complexity index is 632. The lowest BCUT2D eigenvalue weighted by Crippen LogP contribution is -1.99. The summed E-state index contributed by atoms with van der Waals surface area (Å²) in [6, 6.07) is 15.1. The lowest BCUT2D eigenvalue weighted by Gasteiger charge is -2.13. The number of methoxy groups -OCH3 is 1. The minimum Gasteiger partial charge on any atom is -0.493 e. The van der Waals surface area contributed by atoms with Gasteiger partial charge in [-0.25, -0.2) is 4.79 Å². The normalized spacial score (nSPS) is 10.5. The molecule has 0 aliphatic carbocycles. The molecule has 0 radical (unpaired) electrons. The van der Waals surface area contributed by atoms with Gasteiger partial charge >= 0.3 is 5.97 Å². The van der Waals surface area contributed by atoms with Gasteiger partial charge in [-0.05, 0) is 17.7 Å². The van der Waals surface area contributed by atoms with Crippen LogP contribution in [0, 0.1) is 0 Å². The summed E-state index contributed by atoms with van der Waals surface area (Å²) in [7, 11) is 1.55. The van der Waals surface area contributed by atoms with Gasteiger partial charge in [-0.3, -0.25) is 0 Å². The second-order valence-electron chi connectivity index (χ2n) is 4.32. The Kier molecular flexibility index (Phi) is 4.99. The Morgan fingerprint density at radius 3 is 2.57 bits per heavy atom. The summed E-state index contributed by atoms with van der Waals surface area (Å²) in [6.07, 6.45) is 2.56. The third kappa shape index (κ3) is 4.11. The van der Waals surface area contributed by atoms with Gasteiger partial charge in [0.25, 0.3) is 0 Å². The predicted molar refractivity (Wildman–Crippen MR) is 80.4 cm³/mol. The number of carboxylic acid groups (broad SMARTS) is 1. The molecule has 0 unspecified atom stereocenters. The van der Waals surface area contributed by atoms with Crippen molar-refractivity contribution < 1.29 is 19.4 Å². The molecule has 2 aromatic rings. The molecular formula is C17H16O4. The first-order valence-corrected chi connectivity index (χ1v) is 6.45. The van der Waals surface area contributed by atoms with E-state index in [9.17, 15) is 4.79 Å². The lowest BCUT2D eigenvalue weighted by atomic mass is 10.1. The number of carbonyl (C=O) groups is 1. The molecular weight excluding hydrogens is 268 g/mol. The van der Waals surface area contributed by atoms with Crippen LogP contribution in [-0.2, 0) is 11.4 Å². The number of para-hydroxylation sites is 1. The van der Waals surface area contributed by atoms with E-state index in [0.29, 0.717) is 23.7 Å². The maximum absolute atomic E-state index is 10.7. The first kappa shape index (κ1) is 14.7. The molecule has 0 aromatic heterocycles. The molecule has 0 saturated carbocycles. The standard InChI is InChI=1S/C17H16O4/c1-20-15-9-5-8-14(10-11-16(18)19)17(15)21-12-13-6-3-2-4-7-13/h2-11H,12H2,1H3,(H,18,19). The maximum Gasteiger partial charge on any atom is 0.328 e. The van der Waals surface area contributed by atoms with Gasteiger partial charge in [-0.1, -0.05) is 42.5 Å². The fourth-order valence-electron chi connectivity index (χ4n) is 1.87. The van der Waals surface area contributed by atoms with Crippen LogP contribution >= 0.6 is 0 Å². The highest BCUT2D eigenvalue weighted by Crippen LogP contribution is 2.32. The molecule has 2 aromatic carbocycles. The molecule has 0 amide bonds. The summed E-state index contributed by atoms with van der Waals surface area (Å²) in [4.78, 5) is 10.7. The smallest absolute Gasteiger partial charge is 0.328 e. The Labute approximate surface area is 123 Å². The van der Waals surface area contributed by atoms with Crippen molar-refractivity contribution in [2.24, 2.45) is 0 Å². The molecule has 0 atom stereocenters.